The van der Waals surface area contributed by atoms with E-state index in [1.165, 1.54) is 6.07 Å². The lowest BCUT2D eigenvalue weighted by molar-refractivity contribution is -0.383. The number of aromatic nitrogens is 2. The molecule has 0 aliphatic carbocycles. The molecule has 9 heteroatoms. The van der Waals surface area contributed by atoms with Crippen LogP contribution >= 0.6 is 0 Å². The fourth-order valence-corrected chi connectivity index (χ4v) is 3.62. The van der Waals surface area contributed by atoms with Crippen molar-refractivity contribution in [2.75, 3.05) is 36.0 Å². The average Bonchev–Trinajstić information content (AvgIpc) is 3.12. The Balaban J connectivity index is 2.09. The van der Waals surface area contributed by atoms with Gasteiger partial charge in [0.15, 0.2) is 5.82 Å². The molecule has 0 bridgehead atoms. The van der Waals surface area contributed by atoms with Crippen molar-refractivity contribution in [2.45, 2.75) is 39.2 Å². The van der Waals surface area contributed by atoms with Gasteiger partial charge in [0.25, 0.3) is 0 Å². The van der Waals surface area contributed by atoms with Crippen LogP contribution in [0, 0.1) is 10.1 Å². The summed E-state index contributed by atoms with van der Waals surface area (Å²) < 4.78 is 0. The molecular weight excluding hydrogens is 358 g/mol. The van der Waals surface area contributed by atoms with Gasteiger partial charge in [0.1, 0.15) is 17.1 Å². The van der Waals surface area contributed by atoms with Crippen LogP contribution in [0.3, 0.4) is 0 Å². The molecule has 0 radical (unpaired) electrons. The van der Waals surface area contributed by atoms with E-state index in [-0.39, 0.29) is 28.5 Å². The first-order chi connectivity index (χ1) is 13.4. The lowest BCUT2D eigenvalue weighted by atomic mass is 10.1. The van der Waals surface area contributed by atoms with Gasteiger partial charge < -0.3 is 21.7 Å². The van der Waals surface area contributed by atoms with E-state index in [0.717, 1.165) is 50.4 Å². The van der Waals surface area contributed by atoms with Gasteiger partial charge in [-0.3, -0.25) is 10.1 Å². The monoisotopic (exact) mass is 385 g/mol. The molecule has 150 valence electrons. The minimum absolute atomic E-state index is 0.0497. The molecule has 1 aromatic heterocycles. The Hall–Kier alpha value is -2.94. The maximum atomic E-state index is 11.6. The Morgan fingerprint density at radius 3 is 2.71 bits per heavy atom. The molecule has 1 unspecified atom stereocenters. The molecule has 0 spiro atoms. The van der Waals surface area contributed by atoms with Gasteiger partial charge in [0.2, 0.25) is 0 Å². The summed E-state index contributed by atoms with van der Waals surface area (Å²) in [5.74, 6) is 1.02. The highest BCUT2D eigenvalue weighted by Crippen LogP contribution is 2.38. The predicted octanol–water partition coefficient (Wildman–Crippen LogP) is 2.36. The Morgan fingerprint density at radius 2 is 2.04 bits per heavy atom. The van der Waals surface area contributed by atoms with Crippen molar-refractivity contribution in [2.24, 2.45) is 0 Å². The second-order valence-corrected chi connectivity index (χ2v) is 7.01. The van der Waals surface area contributed by atoms with Crippen LogP contribution in [-0.4, -0.2) is 40.6 Å². The van der Waals surface area contributed by atoms with E-state index in [4.69, 9.17) is 11.5 Å². The Bertz CT molecular complexity index is 872. The molecule has 1 aliphatic rings. The molecule has 1 saturated heterocycles. The normalized spacial score (nSPS) is 16.5. The van der Waals surface area contributed by atoms with E-state index in [0.29, 0.717) is 6.04 Å². The number of nitrogens with two attached hydrogens (primary N) is 2. The first kappa shape index (κ1) is 19.8. The highest BCUT2D eigenvalue weighted by Gasteiger charge is 2.27. The minimum atomic E-state index is -0.520. The first-order valence-corrected chi connectivity index (χ1v) is 9.63. The van der Waals surface area contributed by atoms with E-state index in [1.54, 1.807) is 6.07 Å². The van der Waals surface area contributed by atoms with Crippen molar-refractivity contribution in [3.8, 4) is 11.4 Å². The van der Waals surface area contributed by atoms with Gasteiger partial charge >= 0.3 is 5.69 Å². The fraction of sp³-hybridized carbons (Fsp3) is 0.474. The van der Waals surface area contributed by atoms with Gasteiger partial charge in [-0.1, -0.05) is 20.3 Å². The zero-order valence-electron chi connectivity index (χ0n) is 16.3. The van der Waals surface area contributed by atoms with Gasteiger partial charge in [0, 0.05) is 36.6 Å². The van der Waals surface area contributed by atoms with Crippen molar-refractivity contribution in [1.29, 1.82) is 0 Å². The number of rotatable bonds is 7. The number of anilines is 3. The molecule has 0 amide bonds. The summed E-state index contributed by atoms with van der Waals surface area (Å²) in [6.45, 7) is 6.78. The number of nitrogens with zero attached hydrogens (tertiary/aromatic N) is 4. The molecule has 1 aliphatic heterocycles. The van der Waals surface area contributed by atoms with E-state index < -0.39 is 4.92 Å². The first-order valence-electron chi connectivity index (χ1n) is 9.63. The number of benzene rings is 1. The minimum Gasteiger partial charge on any atom is -0.398 e. The Morgan fingerprint density at radius 1 is 1.29 bits per heavy atom. The van der Waals surface area contributed by atoms with Gasteiger partial charge in [0.05, 0.1) is 4.92 Å². The molecule has 2 heterocycles. The van der Waals surface area contributed by atoms with Crippen LogP contribution < -0.4 is 21.7 Å². The van der Waals surface area contributed by atoms with E-state index in [2.05, 4.69) is 34.0 Å². The maximum Gasteiger partial charge on any atom is 0.305 e. The van der Waals surface area contributed by atoms with Crippen LogP contribution in [-0.2, 0) is 6.42 Å². The summed E-state index contributed by atoms with van der Waals surface area (Å²) in [6.07, 6.45) is 2.68. The highest BCUT2D eigenvalue weighted by atomic mass is 16.6. The number of hydrogen-bond donors (Lipinski definition) is 3. The Kier molecular flexibility index (Phi) is 5.93. The van der Waals surface area contributed by atoms with Gasteiger partial charge in [-0.25, -0.2) is 9.97 Å². The third kappa shape index (κ3) is 3.99. The van der Waals surface area contributed by atoms with Crippen LogP contribution in [0.1, 0.15) is 32.4 Å². The lowest BCUT2D eigenvalue weighted by Crippen LogP contribution is -2.32. The van der Waals surface area contributed by atoms with Gasteiger partial charge in [-0.05, 0) is 31.5 Å². The van der Waals surface area contributed by atoms with E-state index in [1.807, 2.05) is 6.07 Å². The summed E-state index contributed by atoms with van der Waals surface area (Å²) in [7, 11) is 0. The molecule has 1 aromatic carbocycles. The highest BCUT2D eigenvalue weighted by molar-refractivity contribution is 5.87. The summed E-state index contributed by atoms with van der Waals surface area (Å²) in [5, 5.41) is 15.1. The lowest BCUT2D eigenvalue weighted by Gasteiger charge is -2.20. The van der Waals surface area contributed by atoms with Crippen LogP contribution in [0.15, 0.2) is 18.2 Å². The Labute approximate surface area is 164 Å². The third-order valence-electron chi connectivity index (χ3n) is 4.92. The summed E-state index contributed by atoms with van der Waals surface area (Å²) >= 11 is 0. The van der Waals surface area contributed by atoms with Crippen molar-refractivity contribution in [1.82, 2.24) is 15.3 Å². The second-order valence-electron chi connectivity index (χ2n) is 7.01. The molecule has 28 heavy (non-hydrogen) atoms. The molecule has 9 nitrogen and oxygen atoms in total. The van der Waals surface area contributed by atoms with Crippen molar-refractivity contribution in [3.63, 3.8) is 0 Å². The SMILES string of the molecule is CCCc1cc(N2CCC(NCC)C2)nc(-c2c(N)ccc(N)c2[N+](=O)[O-])n1. The van der Waals surface area contributed by atoms with Gasteiger partial charge in [-0.2, -0.15) is 0 Å². The van der Waals surface area contributed by atoms with Crippen molar-refractivity contribution >= 4 is 22.9 Å². The summed E-state index contributed by atoms with van der Waals surface area (Å²) in [4.78, 5) is 22.5. The van der Waals surface area contributed by atoms with Crippen molar-refractivity contribution in [3.05, 3.63) is 34.0 Å². The van der Waals surface area contributed by atoms with Gasteiger partial charge in [-0.15, -0.1) is 0 Å². The average molecular weight is 385 g/mol. The third-order valence-corrected chi connectivity index (χ3v) is 4.92. The number of nitro groups is 1. The summed E-state index contributed by atoms with van der Waals surface area (Å²) in [5.41, 5.74) is 13.0. The number of nitro benzene ring substituents is 1. The fourth-order valence-electron chi connectivity index (χ4n) is 3.62. The zero-order valence-corrected chi connectivity index (χ0v) is 16.3. The topological polar surface area (TPSA) is 136 Å². The number of nitrogen functional groups attached to an aromatic ring is 2. The van der Waals surface area contributed by atoms with Crippen LogP contribution in [0.2, 0.25) is 0 Å². The number of aryl methyl sites for hydroxylation is 1. The number of nitrogens with one attached hydrogen (secondary N) is 1. The zero-order chi connectivity index (χ0) is 20.3. The van der Waals surface area contributed by atoms with E-state index in [9.17, 15) is 10.1 Å². The standard InChI is InChI=1S/C19H27N7O2/c1-3-5-12-10-16(25-9-8-13(11-25)22-4-2)24-19(23-12)17-14(20)6-7-15(21)18(17)26(27)28/h6-7,10,13,22H,3-5,8-9,11,20-21H2,1-2H3. The van der Waals surface area contributed by atoms with E-state index >= 15 is 0 Å². The van der Waals surface area contributed by atoms with Crippen LogP contribution in [0.25, 0.3) is 11.4 Å². The smallest absolute Gasteiger partial charge is 0.305 e. The molecule has 1 atom stereocenters. The number of hydrogen-bond acceptors (Lipinski definition) is 8. The molecule has 3 rings (SSSR count). The molecule has 5 N–H and O–H groups in total. The molecule has 1 fully saturated rings. The van der Waals surface area contributed by atoms with Crippen molar-refractivity contribution < 1.29 is 4.92 Å². The number of likely N-dealkylation sites (N-methyl/N-ethyl adjacent to an activating group) is 1. The molecule has 0 saturated carbocycles. The largest absolute Gasteiger partial charge is 0.398 e. The quantitative estimate of drug-likeness (QED) is 0.375. The van der Waals surface area contributed by atoms with Crippen LogP contribution in [0.5, 0.6) is 0 Å². The van der Waals surface area contributed by atoms with Crippen LogP contribution in [0.4, 0.5) is 22.9 Å². The second kappa shape index (κ2) is 8.39. The molecular formula is C19H27N7O2. The predicted molar refractivity (Wildman–Crippen MR) is 111 cm³/mol. The molecule has 2 aromatic rings. The summed E-state index contributed by atoms with van der Waals surface area (Å²) in [6, 6.07) is 5.37. The maximum absolute atomic E-state index is 11.6.